The van der Waals surface area contributed by atoms with Crippen molar-refractivity contribution in [2.75, 3.05) is 48.8 Å². The molecule has 0 atom stereocenters. The van der Waals surface area contributed by atoms with E-state index in [0.717, 1.165) is 73.6 Å². The van der Waals surface area contributed by atoms with Crippen molar-refractivity contribution < 1.29 is 9.53 Å². The van der Waals surface area contributed by atoms with Gasteiger partial charge in [-0.15, -0.1) is 11.3 Å². The number of piperazine rings is 1. The summed E-state index contributed by atoms with van der Waals surface area (Å²) in [4.78, 5) is 22.9. The third kappa shape index (κ3) is 3.44. The molecule has 1 amide bonds. The number of hydrogen-bond acceptors (Lipinski definition) is 7. The van der Waals surface area contributed by atoms with Crippen LogP contribution >= 0.6 is 11.3 Å². The second kappa shape index (κ2) is 7.92. The first-order chi connectivity index (χ1) is 15.1. The van der Waals surface area contributed by atoms with Gasteiger partial charge in [-0.3, -0.25) is 4.79 Å². The number of anilines is 3. The smallest absolute Gasteiger partial charge is 0.260 e. The van der Waals surface area contributed by atoms with Crippen LogP contribution in [0.3, 0.4) is 0 Å². The van der Waals surface area contributed by atoms with Crippen LogP contribution in [0.1, 0.15) is 33.6 Å². The number of methoxy groups -OCH3 is 1. The second-order valence-corrected chi connectivity index (χ2v) is 9.16. The number of rotatable bonds is 4. The van der Waals surface area contributed by atoms with Crippen molar-refractivity contribution in [2.24, 2.45) is 5.73 Å². The number of fused-ring (bicyclic) bond motifs is 3. The zero-order chi connectivity index (χ0) is 21.5. The number of carbonyl (C=O) groups is 1. The Hall–Kier alpha value is -3.00. The van der Waals surface area contributed by atoms with E-state index in [2.05, 4.69) is 21.9 Å². The lowest BCUT2D eigenvalue weighted by molar-refractivity contribution is 0.100. The highest BCUT2D eigenvalue weighted by Gasteiger charge is 2.28. The molecule has 7 nitrogen and oxygen atoms in total. The average molecular weight is 438 g/mol. The van der Waals surface area contributed by atoms with Gasteiger partial charge in [0.25, 0.3) is 5.91 Å². The van der Waals surface area contributed by atoms with E-state index in [1.807, 2.05) is 12.1 Å². The Labute approximate surface area is 185 Å². The van der Waals surface area contributed by atoms with Crippen molar-refractivity contribution in [1.82, 2.24) is 4.98 Å². The lowest BCUT2D eigenvalue weighted by atomic mass is 9.89. The summed E-state index contributed by atoms with van der Waals surface area (Å²) in [6.45, 7) is 3.67. The van der Waals surface area contributed by atoms with Crippen molar-refractivity contribution in [3.63, 3.8) is 0 Å². The van der Waals surface area contributed by atoms with Crippen LogP contribution in [0.25, 0.3) is 10.2 Å². The van der Waals surface area contributed by atoms with Crippen LogP contribution in [0.15, 0.2) is 24.3 Å². The number of amides is 1. The summed E-state index contributed by atoms with van der Waals surface area (Å²) in [6, 6.07) is 8.23. The summed E-state index contributed by atoms with van der Waals surface area (Å²) < 4.78 is 5.27. The fourth-order valence-corrected chi connectivity index (χ4v) is 5.78. The van der Waals surface area contributed by atoms with Gasteiger partial charge in [0.15, 0.2) is 0 Å². The predicted octanol–water partition coefficient (Wildman–Crippen LogP) is 3.19. The number of aromatic nitrogens is 1. The number of primary amides is 1. The fourth-order valence-electron chi connectivity index (χ4n) is 4.81. The fraction of sp³-hybridized carbons (Fsp3) is 0.391. The van der Waals surface area contributed by atoms with Crippen LogP contribution < -0.4 is 26.0 Å². The second-order valence-electron chi connectivity index (χ2n) is 8.16. The monoisotopic (exact) mass is 437 g/mol. The van der Waals surface area contributed by atoms with E-state index in [1.54, 1.807) is 7.11 Å². The van der Waals surface area contributed by atoms with E-state index < -0.39 is 5.91 Å². The number of aryl methyl sites for hydroxylation is 1. The number of benzene rings is 1. The Morgan fingerprint density at radius 3 is 2.32 bits per heavy atom. The normalized spacial score (nSPS) is 16.4. The number of nitrogens with two attached hydrogens (primary N) is 2. The number of hydrogen-bond donors (Lipinski definition) is 2. The zero-order valence-electron chi connectivity index (χ0n) is 17.7. The Balaban J connectivity index is 1.46. The van der Waals surface area contributed by atoms with Gasteiger partial charge in [0, 0.05) is 37.3 Å². The molecular weight excluding hydrogens is 410 g/mol. The molecule has 0 radical (unpaired) electrons. The molecule has 1 saturated heterocycles. The summed E-state index contributed by atoms with van der Waals surface area (Å²) in [5, 5.41) is 0.953. The molecule has 1 fully saturated rings. The highest BCUT2D eigenvalue weighted by molar-refractivity contribution is 7.21. The summed E-state index contributed by atoms with van der Waals surface area (Å²) in [6.07, 6.45) is 4.28. The van der Waals surface area contributed by atoms with Gasteiger partial charge in [-0.2, -0.15) is 0 Å². The zero-order valence-corrected chi connectivity index (χ0v) is 18.5. The number of pyridine rings is 1. The standard InChI is InChI=1S/C23H27N5O2S/c1-30-15-8-6-14(7-9-15)27-10-12-28(13-11-27)22-17-5-3-2-4-16(17)18-19(24)20(21(25)29)31-23(18)26-22/h6-9H,2-5,10-13,24H2,1H3,(H2,25,29). The van der Waals surface area contributed by atoms with Crippen LogP contribution in [0.2, 0.25) is 0 Å². The Bertz CT molecular complexity index is 1130. The van der Waals surface area contributed by atoms with E-state index >= 15 is 0 Å². The highest BCUT2D eigenvalue weighted by Crippen LogP contribution is 2.42. The largest absolute Gasteiger partial charge is 0.497 e. The predicted molar refractivity (Wildman–Crippen MR) is 127 cm³/mol. The van der Waals surface area contributed by atoms with Gasteiger partial charge in [-0.1, -0.05) is 0 Å². The molecule has 4 N–H and O–H groups in total. The first-order valence-corrected chi connectivity index (χ1v) is 11.6. The first-order valence-electron chi connectivity index (χ1n) is 10.7. The van der Waals surface area contributed by atoms with E-state index in [1.165, 1.54) is 28.2 Å². The molecule has 2 aromatic heterocycles. The molecule has 1 aliphatic carbocycles. The maximum atomic E-state index is 11.9. The van der Waals surface area contributed by atoms with E-state index in [0.29, 0.717) is 10.6 Å². The quantitative estimate of drug-likeness (QED) is 0.651. The Morgan fingerprint density at radius 1 is 1.03 bits per heavy atom. The molecule has 0 bridgehead atoms. The van der Waals surface area contributed by atoms with Crippen molar-refractivity contribution in [3.8, 4) is 5.75 Å². The van der Waals surface area contributed by atoms with E-state index in [9.17, 15) is 4.79 Å². The minimum absolute atomic E-state index is 0.428. The molecule has 0 unspecified atom stereocenters. The Morgan fingerprint density at radius 2 is 1.68 bits per heavy atom. The number of nitrogens with zero attached hydrogens (tertiary/aromatic N) is 3. The maximum Gasteiger partial charge on any atom is 0.260 e. The van der Waals surface area contributed by atoms with Gasteiger partial charge in [0.2, 0.25) is 0 Å². The Kier molecular flexibility index (Phi) is 5.09. The molecule has 3 heterocycles. The van der Waals surface area contributed by atoms with Crippen LogP contribution in [-0.4, -0.2) is 44.2 Å². The van der Waals surface area contributed by atoms with Gasteiger partial charge in [-0.05, 0) is 61.1 Å². The molecule has 2 aliphatic rings. The van der Waals surface area contributed by atoms with E-state index in [-0.39, 0.29) is 0 Å². The molecule has 1 aromatic carbocycles. The van der Waals surface area contributed by atoms with Gasteiger partial charge in [0.1, 0.15) is 21.3 Å². The summed E-state index contributed by atoms with van der Waals surface area (Å²) in [5.41, 5.74) is 16.2. The highest BCUT2D eigenvalue weighted by atomic mass is 32.1. The van der Waals surface area contributed by atoms with Crippen LogP contribution in [0, 0.1) is 0 Å². The summed E-state index contributed by atoms with van der Waals surface area (Å²) >= 11 is 1.32. The molecule has 0 spiro atoms. The van der Waals surface area contributed by atoms with Crippen LogP contribution in [0.4, 0.5) is 17.2 Å². The van der Waals surface area contributed by atoms with Crippen molar-refractivity contribution in [3.05, 3.63) is 40.3 Å². The van der Waals surface area contributed by atoms with Gasteiger partial charge in [-0.25, -0.2) is 4.98 Å². The first kappa shape index (κ1) is 19.9. The average Bonchev–Trinajstić information content (AvgIpc) is 3.15. The molecule has 162 valence electrons. The molecule has 31 heavy (non-hydrogen) atoms. The summed E-state index contributed by atoms with van der Waals surface area (Å²) in [7, 11) is 1.69. The molecule has 3 aromatic rings. The lowest BCUT2D eigenvalue weighted by Crippen LogP contribution is -2.47. The lowest BCUT2D eigenvalue weighted by Gasteiger charge is -2.38. The minimum Gasteiger partial charge on any atom is -0.497 e. The molecule has 8 heteroatoms. The van der Waals surface area contributed by atoms with Crippen LogP contribution in [0.5, 0.6) is 5.75 Å². The van der Waals surface area contributed by atoms with Crippen molar-refractivity contribution in [1.29, 1.82) is 0 Å². The van der Waals surface area contributed by atoms with Crippen molar-refractivity contribution >= 4 is 44.7 Å². The third-order valence-corrected chi connectivity index (χ3v) is 7.53. The van der Waals surface area contributed by atoms with Gasteiger partial charge < -0.3 is 26.0 Å². The van der Waals surface area contributed by atoms with Crippen molar-refractivity contribution in [2.45, 2.75) is 25.7 Å². The van der Waals surface area contributed by atoms with Crippen LogP contribution in [-0.2, 0) is 12.8 Å². The number of ether oxygens (including phenoxy) is 1. The topological polar surface area (TPSA) is 97.7 Å². The SMILES string of the molecule is COc1ccc(N2CCN(c3nc4sc(C(N)=O)c(N)c4c4c3CCCC4)CC2)cc1. The van der Waals surface area contributed by atoms with Gasteiger partial charge in [0.05, 0.1) is 12.8 Å². The molecular formula is C23H27N5O2S. The molecule has 0 saturated carbocycles. The molecule has 1 aliphatic heterocycles. The number of carbonyl (C=O) groups excluding carboxylic acids is 1. The van der Waals surface area contributed by atoms with Gasteiger partial charge >= 0.3 is 0 Å². The molecule has 5 rings (SSSR count). The summed E-state index contributed by atoms with van der Waals surface area (Å²) in [5.74, 6) is 1.46. The number of thiophene rings is 1. The third-order valence-electron chi connectivity index (χ3n) is 6.41. The maximum absolute atomic E-state index is 11.9. The minimum atomic E-state index is -0.472. The van der Waals surface area contributed by atoms with E-state index in [4.69, 9.17) is 21.2 Å². The number of nitrogen functional groups attached to an aromatic ring is 1.